The second-order valence-electron chi connectivity index (χ2n) is 5.62. The predicted molar refractivity (Wildman–Crippen MR) is 80.1 cm³/mol. The van der Waals surface area contributed by atoms with E-state index in [-0.39, 0.29) is 31.0 Å². The number of hydrogen-bond donors (Lipinski definition) is 2. The number of likely N-dealkylation sites (tertiary alicyclic amines) is 1. The van der Waals surface area contributed by atoms with Gasteiger partial charge in [0.25, 0.3) is 5.91 Å². The van der Waals surface area contributed by atoms with Gasteiger partial charge in [0, 0.05) is 12.1 Å². The lowest BCUT2D eigenvalue weighted by Gasteiger charge is -2.23. The van der Waals surface area contributed by atoms with Crippen molar-refractivity contribution in [3.8, 4) is 0 Å². The maximum atomic E-state index is 12.1. The highest BCUT2D eigenvalue weighted by atomic mass is 16.3. The Balaban J connectivity index is 1.93. The van der Waals surface area contributed by atoms with Crippen molar-refractivity contribution in [1.82, 2.24) is 10.2 Å². The van der Waals surface area contributed by atoms with Crippen LogP contribution in [0.25, 0.3) is 0 Å². The average molecular weight is 290 g/mol. The van der Waals surface area contributed by atoms with Crippen LogP contribution in [0.15, 0.2) is 18.2 Å². The van der Waals surface area contributed by atoms with Crippen LogP contribution in [0.4, 0.5) is 0 Å². The van der Waals surface area contributed by atoms with Crippen molar-refractivity contribution >= 4 is 11.8 Å². The molecule has 1 aliphatic heterocycles. The molecule has 2 amide bonds. The summed E-state index contributed by atoms with van der Waals surface area (Å²) in [6.45, 7) is 4.48. The highest BCUT2D eigenvalue weighted by molar-refractivity contribution is 5.96. The summed E-state index contributed by atoms with van der Waals surface area (Å²) in [7, 11) is 0. The summed E-state index contributed by atoms with van der Waals surface area (Å²) in [5.74, 6) is -0.376. The highest BCUT2D eigenvalue weighted by Gasteiger charge is 2.27. The Morgan fingerprint density at radius 1 is 1.29 bits per heavy atom. The summed E-state index contributed by atoms with van der Waals surface area (Å²) in [6.07, 6.45) is 1.73. The van der Waals surface area contributed by atoms with Crippen LogP contribution >= 0.6 is 0 Å². The smallest absolute Gasteiger partial charge is 0.251 e. The number of hydrogen-bond acceptors (Lipinski definition) is 3. The Hall–Kier alpha value is -1.88. The summed E-state index contributed by atoms with van der Waals surface area (Å²) >= 11 is 0. The summed E-state index contributed by atoms with van der Waals surface area (Å²) < 4.78 is 0. The molecule has 1 saturated heterocycles. The third kappa shape index (κ3) is 3.82. The molecule has 0 aromatic heterocycles. The Morgan fingerprint density at radius 2 is 1.95 bits per heavy atom. The zero-order valence-corrected chi connectivity index (χ0v) is 12.6. The predicted octanol–water partition coefficient (Wildman–Crippen LogP) is 1.02. The van der Waals surface area contributed by atoms with Gasteiger partial charge in [-0.15, -0.1) is 0 Å². The Morgan fingerprint density at radius 3 is 2.57 bits per heavy atom. The number of aliphatic hydroxyl groups excluding tert-OH is 1. The average Bonchev–Trinajstić information content (AvgIpc) is 2.91. The lowest BCUT2D eigenvalue weighted by atomic mass is 10.1. The minimum atomic E-state index is -0.241. The largest absolute Gasteiger partial charge is 0.394 e. The van der Waals surface area contributed by atoms with Gasteiger partial charge in [0.1, 0.15) is 0 Å². The number of benzene rings is 1. The van der Waals surface area contributed by atoms with Crippen LogP contribution in [0.1, 0.15) is 34.3 Å². The molecule has 0 bridgehead atoms. The van der Waals surface area contributed by atoms with E-state index in [1.165, 1.54) is 0 Å². The maximum absolute atomic E-state index is 12.1. The van der Waals surface area contributed by atoms with E-state index in [9.17, 15) is 14.7 Å². The van der Waals surface area contributed by atoms with E-state index in [1.807, 2.05) is 19.9 Å². The van der Waals surface area contributed by atoms with Gasteiger partial charge in [0.15, 0.2) is 0 Å². The van der Waals surface area contributed by atoms with Crippen LogP contribution in [0.2, 0.25) is 0 Å². The Kier molecular flexibility index (Phi) is 4.96. The van der Waals surface area contributed by atoms with Crippen LogP contribution in [-0.2, 0) is 4.79 Å². The first-order valence-corrected chi connectivity index (χ1v) is 7.28. The van der Waals surface area contributed by atoms with Gasteiger partial charge in [0.2, 0.25) is 5.91 Å². The third-order valence-corrected chi connectivity index (χ3v) is 3.79. The van der Waals surface area contributed by atoms with Gasteiger partial charge < -0.3 is 15.3 Å². The van der Waals surface area contributed by atoms with E-state index < -0.39 is 0 Å². The number of rotatable bonds is 4. The van der Waals surface area contributed by atoms with Crippen molar-refractivity contribution in [3.63, 3.8) is 0 Å². The molecule has 1 aromatic carbocycles. The van der Waals surface area contributed by atoms with Crippen molar-refractivity contribution < 1.29 is 14.7 Å². The molecule has 0 unspecified atom stereocenters. The molecule has 1 aromatic rings. The van der Waals surface area contributed by atoms with Crippen LogP contribution < -0.4 is 5.32 Å². The quantitative estimate of drug-likeness (QED) is 0.869. The summed E-state index contributed by atoms with van der Waals surface area (Å²) in [6, 6.07) is 5.51. The molecule has 2 N–H and O–H groups in total. The number of carbonyl (C=O) groups is 2. The molecule has 21 heavy (non-hydrogen) atoms. The van der Waals surface area contributed by atoms with Crippen molar-refractivity contribution in [3.05, 3.63) is 34.9 Å². The maximum Gasteiger partial charge on any atom is 0.251 e. The third-order valence-electron chi connectivity index (χ3n) is 3.79. The van der Waals surface area contributed by atoms with Crippen LogP contribution in [0.5, 0.6) is 0 Å². The first-order chi connectivity index (χ1) is 10.0. The number of nitrogens with zero attached hydrogens (tertiary/aromatic N) is 1. The van der Waals surface area contributed by atoms with Gasteiger partial charge in [-0.05, 0) is 38.8 Å². The van der Waals surface area contributed by atoms with Crippen LogP contribution in [0, 0.1) is 13.8 Å². The molecule has 114 valence electrons. The number of carbonyl (C=O) groups excluding carboxylic acids is 2. The molecule has 0 aliphatic carbocycles. The van der Waals surface area contributed by atoms with Gasteiger partial charge in [-0.25, -0.2) is 0 Å². The monoisotopic (exact) mass is 290 g/mol. The van der Waals surface area contributed by atoms with Crippen LogP contribution in [-0.4, -0.2) is 47.6 Å². The summed E-state index contributed by atoms with van der Waals surface area (Å²) in [4.78, 5) is 25.8. The lowest BCUT2D eigenvalue weighted by molar-refractivity contribution is -0.131. The molecule has 1 aliphatic rings. The fraction of sp³-hybridized carbons (Fsp3) is 0.500. The summed E-state index contributed by atoms with van der Waals surface area (Å²) in [5, 5.41) is 11.9. The van der Waals surface area contributed by atoms with Gasteiger partial charge in [0.05, 0.1) is 19.2 Å². The van der Waals surface area contributed by atoms with E-state index >= 15 is 0 Å². The zero-order chi connectivity index (χ0) is 15.4. The molecule has 5 heteroatoms. The SMILES string of the molecule is Cc1cc(C)cc(C(=O)NCC(=O)N2CCC[C@H]2CO)c1. The van der Waals surface area contributed by atoms with E-state index in [2.05, 4.69) is 5.32 Å². The molecule has 0 spiro atoms. The molecule has 1 heterocycles. The minimum absolute atomic E-state index is 0.0171. The fourth-order valence-corrected chi connectivity index (χ4v) is 2.82. The Labute approximate surface area is 125 Å². The van der Waals surface area contributed by atoms with Crippen molar-refractivity contribution in [2.24, 2.45) is 0 Å². The molecule has 2 rings (SSSR count). The van der Waals surface area contributed by atoms with Gasteiger partial charge in [-0.2, -0.15) is 0 Å². The first kappa shape index (κ1) is 15.5. The molecule has 0 saturated carbocycles. The number of amides is 2. The molecular formula is C16H22N2O3. The Bertz CT molecular complexity index is 522. The first-order valence-electron chi connectivity index (χ1n) is 7.28. The second-order valence-corrected chi connectivity index (χ2v) is 5.62. The molecule has 1 atom stereocenters. The van der Waals surface area contributed by atoms with Crippen molar-refractivity contribution in [2.45, 2.75) is 32.7 Å². The van der Waals surface area contributed by atoms with Gasteiger partial charge >= 0.3 is 0 Å². The van der Waals surface area contributed by atoms with E-state index in [1.54, 1.807) is 17.0 Å². The molecule has 5 nitrogen and oxygen atoms in total. The highest BCUT2D eigenvalue weighted by Crippen LogP contribution is 2.16. The molecule has 1 fully saturated rings. The van der Waals surface area contributed by atoms with E-state index in [0.29, 0.717) is 12.1 Å². The van der Waals surface area contributed by atoms with Gasteiger partial charge in [-0.1, -0.05) is 17.2 Å². The topological polar surface area (TPSA) is 69.6 Å². The molecule has 0 radical (unpaired) electrons. The number of nitrogens with one attached hydrogen (secondary N) is 1. The van der Waals surface area contributed by atoms with Gasteiger partial charge in [-0.3, -0.25) is 9.59 Å². The number of aryl methyl sites for hydroxylation is 2. The lowest BCUT2D eigenvalue weighted by Crippen LogP contribution is -2.43. The standard InChI is InChI=1S/C16H22N2O3/c1-11-6-12(2)8-13(7-11)16(21)17-9-15(20)18-5-3-4-14(18)10-19/h6-8,14,19H,3-5,9-10H2,1-2H3,(H,17,21)/t14-/m0/s1. The minimum Gasteiger partial charge on any atom is -0.394 e. The molecular weight excluding hydrogens is 268 g/mol. The second kappa shape index (κ2) is 6.72. The van der Waals surface area contributed by atoms with Crippen LogP contribution in [0.3, 0.4) is 0 Å². The normalized spacial score (nSPS) is 17.9. The van der Waals surface area contributed by atoms with E-state index in [4.69, 9.17) is 0 Å². The van der Waals surface area contributed by atoms with Crippen molar-refractivity contribution in [2.75, 3.05) is 19.7 Å². The van der Waals surface area contributed by atoms with E-state index in [0.717, 1.165) is 24.0 Å². The summed E-state index contributed by atoms with van der Waals surface area (Å²) in [5.41, 5.74) is 2.61. The van der Waals surface area contributed by atoms with Crippen molar-refractivity contribution in [1.29, 1.82) is 0 Å². The fourth-order valence-electron chi connectivity index (χ4n) is 2.82. The zero-order valence-electron chi connectivity index (χ0n) is 12.6. The number of aliphatic hydroxyl groups is 1.